The third kappa shape index (κ3) is 6.17. The molecule has 0 saturated heterocycles. The maximum absolute atomic E-state index is 6.46. The Bertz CT molecular complexity index is 2350. The minimum Gasteiger partial charge on any atom is -0.457 e. The summed E-state index contributed by atoms with van der Waals surface area (Å²) in [4.78, 5) is 18.8. The first-order chi connectivity index (χ1) is 24.4. The van der Waals surface area contributed by atoms with Crippen molar-refractivity contribution in [1.82, 2.24) is 24.5 Å². The molecule has 0 aliphatic carbocycles. The zero-order valence-electron chi connectivity index (χ0n) is 28.3. The molecule has 0 amide bonds. The quantitative estimate of drug-likeness (QED) is 0.162. The van der Waals surface area contributed by atoms with E-state index in [1.165, 1.54) is 0 Å². The molecule has 4 aromatic heterocycles. The predicted molar refractivity (Wildman–Crippen MR) is 199 cm³/mol. The second kappa shape index (κ2) is 12.9. The normalized spacial score (nSPS) is 11.4. The van der Waals surface area contributed by atoms with Crippen LogP contribution in [0.2, 0.25) is 0 Å². The molecule has 8 rings (SSSR count). The average Bonchev–Trinajstić information content (AvgIpc) is 3.44. The molecule has 0 bridgehead atoms. The highest BCUT2D eigenvalue weighted by Gasteiger charge is 2.17. The molecule has 0 fully saturated rings. The summed E-state index contributed by atoms with van der Waals surface area (Å²) in [6.45, 7) is 8.41. The molecular weight excluding hydrogens is 619 g/mol. The van der Waals surface area contributed by atoms with Crippen molar-refractivity contribution >= 4 is 21.8 Å². The van der Waals surface area contributed by atoms with Gasteiger partial charge in [0, 0.05) is 58.8 Å². The summed E-state index contributed by atoms with van der Waals surface area (Å²) in [5, 5.41) is 2.11. The highest BCUT2D eigenvalue weighted by molar-refractivity contribution is 6.09. The van der Waals surface area contributed by atoms with Gasteiger partial charge in [-0.15, -0.1) is 0 Å². The van der Waals surface area contributed by atoms with Crippen molar-refractivity contribution in [3.8, 4) is 51.5 Å². The molecular formula is C43H35N5O2. The van der Waals surface area contributed by atoms with Crippen molar-refractivity contribution in [3.63, 3.8) is 0 Å². The third-order valence-electron chi connectivity index (χ3n) is 8.80. The molecule has 4 heterocycles. The van der Waals surface area contributed by atoms with Crippen LogP contribution in [0, 0.1) is 13.8 Å². The van der Waals surface area contributed by atoms with Crippen LogP contribution >= 0.6 is 0 Å². The van der Waals surface area contributed by atoms with Gasteiger partial charge in [-0.1, -0.05) is 38.1 Å². The van der Waals surface area contributed by atoms with Gasteiger partial charge in [0.05, 0.1) is 22.4 Å². The summed E-state index contributed by atoms with van der Waals surface area (Å²) >= 11 is 0. The van der Waals surface area contributed by atoms with E-state index < -0.39 is 0 Å². The summed E-state index contributed by atoms with van der Waals surface area (Å²) in [5.74, 6) is 3.75. The Morgan fingerprint density at radius 3 is 1.46 bits per heavy atom. The lowest BCUT2D eigenvalue weighted by Crippen LogP contribution is -2.02. The lowest BCUT2D eigenvalue weighted by molar-refractivity contribution is 0.483. The second-order valence-corrected chi connectivity index (χ2v) is 12.9. The minimum atomic E-state index is 0.318. The van der Waals surface area contributed by atoms with Gasteiger partial charge in [-0.05, 0) is 109 Å². The van der Waals surface area contributed by atoms with E-state index in [0.29, 0.717) is 23.4 Å². The minimum absolute atomic E-state index is 0.318. The number of nitrogens with zero attached hydrogens (tertiary/aromatic N) is 5. The Hall–Kier alpha value is -6.34. The van der Waals surface area contributed by atoms with Gasteiger partial charge in [0.2, 0.25) is 5.95 Å². The molecule has 4 aromatic carbocycles. The molecule has 0 saturated carbocycles. The highest BCUT2D eigenvalue weighted by Crippen LogP contribution is 2.38. The van der Waals surface area contributed by atoms with E-state index in [9.17, 15) is 0 Å². The number of hydrogen-bond donors (Lipinski definition) is 0. The van der Waals surface area contributed by atoms with Crippen LogP contribution in [0.1, 0.15) is 36.5 Å². The fourth-order valence-electron chi connectivity index (χ4n) is 6.16. The fraction of sp³-hybridized carbons (Fsp3) is 0.116. The van der Waals surface area contributed by atoms with Crippen molar-refractivity contribution in [1.29, 1.82) is 0 Å². The van der Waals surface area contributed by atoms with Crippen LogP contribution in [0.25, 0.3) is 50.3 Å². The summed E-state index contributed by atoms with van der Waals surface area (Å²) in [6, 6.07) is 36.4. The van der Waals surface area contributed by atoms with E-state index in [2.05, 4.69) is 66.5 Å². The van der Waals surface area contributed by atoms with Crippen molar-refractivity contribution < 1.29 is 9.47 Å². The van der Waals surface area contributed by atoms with Gasteiger partial charge in [-0.25, -0.2) is 9.97 Å². The van der Waals surface area contributed by atoms with Crippen LogP contribution < -0.4 is 9.47 Å². The zero-order valence-corrected chi connectivity index (χ0v) is 28.3. The van der Waals surface area contributed by atoms with Gasteiger partial charge in [0.15, 0.2) is 0 Å². The van der Waals surface area contributed by atoms with Gasteiger partial charge in [0.25, 0.3) is 0 Å². The lowest BCUT2D eigenvalue weighted by atomic mass is 10.1. The number of benzene rings is 4. The first-order valence-corrected chi connectivity index (χ1v) is 16.7. The predicted octanol–water partition coefficient (Wildman–Crippen LogP) is 11.0. The van der Waals surface area contributed by atoms with Crippen LogP contribution in [-0.4, -0.2) is 24.5 Å². The maximum Gasteiger partial charge on any atom is 0.234 e. The Morgan fingerprint density at radius 2 is 1.00 bits per heavy atom. The zero-order chi connectivity index (χ0) is 34.2. The van der Waals surface area contributed by atoms with Crippen molar-refractivity contribution in [2.45, 2.75) is 33.6 Å². The van der Waals surface area contributed by atoms with Crippen molar-refractivity contribution in [2.75, 3.05) is 0 Å². The molecule has 0 atom stereocenters. The molecule has 0 spiro atoms. The number of ether oxygens (including phenoxy) is 2. The number of pyridine rings is 2. The first-order valence-electron chi connectivity index (χ1n) is 16.7. The smallest absolute Gasteiger partial charge is 0.234 e. The van der Waals surface area contributed by atoms with Gasteiger partial charge in [0.1, 0.15) is 23.0 Å². The largest absolute Gasteiger partial charge is 0.457 e. The van der Waals surface area contributed by atoms with Gasteiger partial charge in [-0.3, -0.25) is 14.5 Å². The standard InChI is InChI=1S/C43H35N5O2/c1-27(2)32-25-46-43(47-26-32)48-41-23-35(49-33-9-5-7-30(21-33)39-19-28(3)15-17-44-39)11-13-37(41)38-14-12-36(24-42(38)48)50-34-10-6-8-31(22-34)40-20-29(4)16-18-45-40/h5-27H,1-4H3. The number of aryl methyl sites for hydroxylation is 2. The van der Waals surface area contributed by atoms with E-state index >= 15 is 0 Å². The second-order valence-electron chi connectivity index (χ2n) is 12.9. The summed E-state index contributed by atoms with van der Waals surface area (Å²) in [6.07, 6.45) is 7.47. The average molecular weight is 654 g/mol. The van der Waals surface area contributed by atoms with Gasteiger partial charge in [-0.2, -0.15) is 0 Å². The van der Waals surface area contributed by atoms with Crippen LogP contribution in [-0.2, 0) is 0 Å². The van der Waals surface area contributed by atoms with E-state index in [1.807, 2.05) is 110 Å². The highest BCUT2D eigenvalue weighted by atomic mass is 16.5. The van der Waals surface area contributed by atoms with E-state index in [4.69, 9.17) is 19.4 Å². The van der Waals surface area contributed by atoms with E-state index in [-0.39, 0.29) is 0 Å². The van der Waals surface area contributed by atoms with Crippen LogP contribution in [0.3, 0.4) is 0 Å². The molecule has 0 radical (unpaired) electrons. The molecule has 0 aliphatic heterocycles. The number of rotatable bonds is 8. The molecule has 7 nitrogen and oxygen atoms in total. The molecule has 8 aromatic rings. The lowest BCUT2D eigenvalue weighted by Gasteiger charge is -2.11. The molecule has 244 valence electrons. The van der Waals surface area contributed by atoms with Crippen molar-refractivity contribution in [3.05, 3.63) is 151 Å². The Morgan fingerprint density at radius 1 is 0.520 bits per heavy atom. The Labute approximate surface area is 290 Å². The summed E-state index contributed by atoms with van der Waals surface area (Å²) < 4.78 is 15.0. The summed E-state index contributed by atoms with van der Waals surface area (Å²) in [7, 11) is 0. The Balaban J connectivity index is 1.20. The van der Waals surface area contributed by atoms with Gasteiger partial charge < -0.3 is 9.47 Å². The summed E-state index contributed by atoms with van der Waals surface area (Å²) in [5.41, 5.74) is 9.05. The SMILES string of the molecule is Cc1ccnc(-c2cccc(Oc3ccc4c5ccc(Oc6cccc(-c7cc(C)ccn7)c6)cc5n(-c5ncc(C(C)C)cn5)c4c3)c2)c1. The van der Waals surface area contributed by atoms with Crippen LogP contribution in [0.5, 0.6) is 23.0 Å². The Kier molecular flexibility index (Phi) is 8.01. The molecule has 0 N–H and O–H groups in total. The van der Waals surface area contributed by atoms with Crippen LogP contribution in [0.15, 0.2) is 134 Å². The fourth-order valence-corrected chi connectivity index (χ4v) is 6.16. The van der Waals surface area contributed by atoms with Crippen molar-refractivity contribution in [2.24, 2.45) is 0 Å². The van der Waals surface area contributed by atoms with Gasteiger partial charge >= 0.3 is 0 Å². The number of aromatic nitrogens is 5. The molecule has 0 unspecified atom stereocenters. The topological polar surface area (TPSA) is 75.0 Å². The number of fused-ring (bicyclic) bond motifs is 3. The monoisotopic (exact) mass is 653 g/mol. The molecule has 0 aliphatic rings. The molecule has 7 heteroatoms. The maximum atomic E-state index is 6.46. The third-order valence-corrected chi connectivity index (χ3v) is 8.80. The van der Waals surface area contributed by atoms with E-state index in [1.54, 1.807) is 0 Å². The van der Waals surface area contributed by atoms with Crippen LogP contribution in [0.4, 0.5) is 0 Å². The van der Waals surface area contributed by atoms with E-state index in [0.717, 1.165) is 72.5 Å². The first kappa shape index (κ1) is 31.0. The number of hydrogen-bond acceptors (Lipinski definition) is 6. The molecule has 50 heavy (non-hydrogen) atoms.